The molecule has 0 atom stereocenters. The zero-order valence-electron chi connectivity index (χ0n) is 15.2. The standard InChI is InChI=1S/C16H27N7O3/c1-2-17-16(25)22-10-13(11-22)23-12-14(19-20-23)15(24)18-4-3-5-21-6-8-26-9-7-21/h12-13H,2-11H2,1H3,(H,17,25)(H,18,24). The summed E-state index contributed by atoms with van der Waals surface area (Å²) in [6.07, 6.45) is 2.54. The first-order valence-corrected chi connectivity index (χ1v) is 9.20. The number of aromatic nitrogens is 3. The van der Waals surface area contributed by atoms with E-state index in [-0.39, 0.29) is 18.0 Å². The maximum atomic E-state index is 12.2. The fourth-order valence-corrected chi connectivity index (χ4v) is 3.03. The zero-order chi connectivity index (χ0) is 18.4. The first kappa shape index (κ1) is 18.6. The molecule has 2 aliphatic heterocycles. The van der Waals surface area contributed by atoms with Crippen molar-refractivity contribution in [3.63, 3.8) is 0 Å². The van der Waals surface area contributed by atoms with E-state index < -0.39 is 0 Å². The van der Waals surface area contributed by atoms with Crippen LogP contribution in [0.25, 0.3) is 0 Å². The van der Waals surface area contributed by atoms with Gasteiger partial charge in [-0.25, -0.2) is 9.48 Å². The number of hydrogen-bond acceptors (Lipinski definition) is 6. The molecule has 26 heavy (non-hydrogen) atoms. The summed E-state index contributed by atoms with van der Waals surface area (Å²) in [6, 6.07) is 0.00933. The van der Waals surface area contributed by atoms with Crippen molar-refractivity contribution in [1.29, 1.82) is 0 Å². The smallest absolute Gasteiger partial charge is 0.317 e. The molecule has 0 radical (unpaired) electrons. The van der Waals surface area contributed by atoms with Gasteiger partial charge in [-0.1, -0.05) is 5.21 Å². The Morgan fingerprint density at radius 1 is 1.27 bits per heavy atom. The number of urea groups is 1. The third-order valence-corrected chi connectivity index (χ3v) is 4.63. The monoisotopic (exact) mass is 365 g/mol. The molecule has 3 heterocycles. The van der Waals surface area contributed by atoms with Crippen LogP contribution in [0.1, 0.15) is 29.9 Å². The second kappa shape index (κ2) is 8.95. The third kappa shape index (κ3) is 4.70. The van der Waals surface area contributed by atoms with Crippen LogP contribution >= 0.6 is 0 Å². The topological polar surface area (TPSA) is 105 Å². The predicted octanol–water partition coefficient (Wildman–Crippen LogP) is -0.684. The summed E-state index contributed by atoms with van der Waals surface area (Å²) in [5.41, 5.74) is 0.313. The molecule has 0 bridgehead atoms. The van der Waals surface area contributed by atoms with Crippen LogP contribution in [0.3, 0.4) is 0 Å². The van der Waals surface area contributed by atoms with Crippen LogP contribution in [0, 0.1) is 0 Å². The summed E-state index contributed by atoms with van der Waals surface area (Å²) in [5, 5.41) is 13.6. The molecule has 3 amide bonds. The molecule has 144 valence electrons. The molecule has 1 aromatic heterocycles. The predicted molar refractivity (Wildman–Crippen MR) is 93.9 cm³/mol. The second-order valence-electron chi connectivity index (χ2n) is 6.54. The highest BCUT2D eigenvalue weighted by Crippen LogP contribution is 2.20. The molecule has 0 aliphatic carbocycles. The molecule has 1 aromatic rings. The van der Waals surface area contributed by atoms with Gasteiger partial charge in [0.25, 0.3) is 5.91 Å². The molecule has 2 fully saturated rings. The molecule has 2 aliphatic rings. The molecule has 10 heteroatoms. The number of likely N-dealkylation sites (tertiary alicyclic amines) is 1. The maximum Gasteiger partial charge on any atom is 0.317 e. The highest BCUT2D eigenvalue weighted by Gasteiger charge is 2.32. The average Bonchev–Trinajstić information content (AvgIpc) is 3.08. The largest absolute Gasteiger partial charge is 0.379 e. The van der Waals surface area contributed by atoms with E-state index in [0.29, 0.717) is 31.9 Å². The fraction of sp³-hybridized carbons (Fsp3) is 0.750. The first-order valence-electron chi connectivity index (χ1n) is 9.20. The Labute approximate surface area is 152 Å². The van der Waals surface area contributed by atoms with Gasteiger partial charge in [-0.3, -0.25) is 9.69 Å². The molecule has 3 rings (SSSR count). The Hall–Kier alpha value is -2.20. The lowest BCUT2D eigenvalue weighted by molar-refractivity contribution is 0.0374. The Bertz CT molecular complexity index is 609. The number of carbonyl (C=O) groups excluding carboxylic acids is 2. The Morgan fingerprint density at radius 2 is 2.04 bits per heavy atom. The minimum atomic E-state index is -0.210. The maximum absolute atomic E-state index is 12.2. The quantitative estimate of drug-likeness (QED) is 0.620. The summed E-state index contributed by atoms with van der Waals surface area (Å²) >= 11 is 0. The average molecular weight is 365 g/mol. The lowest BCUT2D eigenvalue weighted by Gasteiger charge is -2.38. The number of rotatable bonds is 7. The van der Waals surface area contributed by atoms with E-state index in [9.17, 15) is 9.59 Å². The van der Waals surface area contributed by atoms with E-state index in [1.54, 1.807) is 15.8 Å². The minimum Gasteiger partial charge on any atom is -0.379 e. The van der Waals surface area contributed by atoms with Crippen molar-refractivity contribution in [3.8, 4) is 0 Å². The molecule has 2 saturated heterocycles. The molecule has 0 spiro atoms. The van der Waals surface area contributed by atoms with Crippen molar-refractivity contribution < 1.29 is 14.3 Å². The van der Waals surface area contributed by atoms with Crippen molar-refractivity contribution in [2.45, 2.75) is 19.4 Å². The number of nitrogens with zero attached hydrogens (tertiary/aromatic N) is 5. The fourth-order valence-electron chi connectivity index (χ4n) is 3.03. The van der Waals surface area contributed by atoms with Crippen molar-refractivity contribution in [2.75, 3.05) is 59.0 Å². The molecule has 0 aromatic carbocycles. The van der Waals surface area contributed by atoms with E-state index in [2.05, 4.69) is 25.8 Å². The van der Waals surface area contributed by atoms with Gasteiger partial charge in [0, 0.05) is 39.3 Å². The van der Waals surface area contributed by atoms with E-state index >= 15 is 0 Å². The van der Waals surface area contributed by atoms with Crippen LogP contribution in [0.5, 0.6) is 0 Å². The number of carbonyl (C=O) groups is 2. The Balaban J connectivity index is 1.36. The molecule has 0 saturated carbocycles. The number of nitrogens with one attached hydrogen (secondary N) is 2. The van der Waals surface area contributed by atoms with Crippen molar-refractivity contribution >= 4 is 11.9 Å². The van der Waals surface area contributed by atoms with Gasteiger partial charge in [0.05, 0.1) is 25.5 Å². The normalized spacial score (nSPS) is 18.4. The lowest BCUT2D eigenvalue weighted by atomic mass is 10.1. The number of hydrogen-bond donors (Lipinski definition) is 2. The highest BCUT2D eigenvalue weighted by molar-refractivity contribution is 5.91. The molecule has 2 N–H and O–H groups in total. The van der Waals surface area contributed by atoms with Crippen LogP contribution < -0.4 is 10.6 Å². The van der Waals surface area contributed by atoms with Gasteiger partial charge in [-0.2, -0.15) is 0 Å². The number of amides is 3. The highest BCUT2D eigenvalue weighted by atomic mass is 16.5. The summed E-state index contributed by atoms with van der Waals surface area (Å²) < 4.78 is 6.98. The summed E-state index contributed by atoms with van der Waals surface area (Å²) in [4.78, 5) is 27.9. The number of ether oxygens (including phenoxy) is 1. The SMILES string of the molecule is CCNC(=O)N1CC(n2cc(C(=O)NCCCN3CCOCC3)nn2)C1. The third-order valence-electron chi connectivity index (χ3n) is 4.63. The van der Waals surface area contributed by atoms with Crippen LogP contribution in [0.15, 0.2) is 6.20 Å². The minimum absolute atomic E-state index is 0.0675. The van der Waals surface area contributed by atoms with Gasteiger partial charge in [0.1, 0.15) is 0 Å². The molecular formula is C16H27N7O3. The number of morpholine rings is 1. The molecule has 10 nitrogen and oxygen atoms in total. The van der Waals surface area contributed by atoms with Gasteiger partial charge in [0.2, 0.25) is 0 Å². The van der Waals surface area contributed by atoms with Crippen LogP contribution in [-0.2, 0) is 4.74 Å². The second-order valence-corrected chi connectivity index (χ2v) is 6.54. The van der Waals surface area contributed by atoms with Crippen molar-refractivity contribution in [3.05, 3.63) is 11.9 Å². The van der Waals surface area contributed by atoms with E-state index in [0.717, 1.165) is 39.3 Å². The van der Waals surface area contributed by atoms with Crippen LogP contribution in [0.2, 0.25) is 0 Å². The van der Waals surface area contributed by atoms with Gasteiger partial charge in [-0.05, 0) is 19.9 Å². The van der Waals surface area contributed by atoms with Gasteiger partial charge < -0.3 is 20.3 Å². The summed E-state index contributed by atoms with van der Waals surface area (Å²) in [5.74, 6) is -0.210. The Morgan fingerprint density at radius 3 is 2.77 bits per heavy atom. The van der Waals surface area contributed by atoms with E-state index in [4.69, 9.17) is 4.74 Å². The Kier molecular flexibility index (Phi) is 6.40. The van der Waals surface area contributed by atoms with Crippen LogP contribution in [0.4, 0.5) is 4.79 Å². The summed E-state index contributed by atoms with van der Waals surface area (Å²) in [6.45, 7) is 8.70. The molecule has 0 unspecified atom stereocenters. The van der Waals surface area contributed by atoms with Gasteiger partial charge in [0.15, 0.2) is 5.69 Å². The lowest BCUT2D eigenvalue weighted by Crippen LogP contribution is -2.54. The zero-order valence-corrected chi connectivity index (χ0v) is 15.2. The van der Waals surface area contributed by atoms with Gasteiger partial charge >= 0.3 is 6.03 Å². The van der Waals surface area contributed by atoms with Crippen molar-refractivity contribution in [2.24, 2.45) is 0 Å². The summed E-state index contributed by atoms with van der Waals surface area (Å²) in [7, 11) is 0. The van der Waals surface area contributed by atoms with Crippen LogP contribution in [-0.4, -0.2) is 95.8 Å². The van der Waals surface area contributed by atoms with E-state index in [1.165, 1.54) is 0 Å². The first-order chi connectivity index (χ1) is 12.7. The van der Waals surface area contributed by atoms with Crippen molar-refractivity contribution in [1.82, 2.24) is 35.4 Å². The van der Waals surface area contributed by atoms with E-state index in [1.807, 2.05) is 6.92 Å². The molecular weight excluding hydrogens is 338 g/mol. The van der Waals surface area contributed by atoms with Gasteiger partial charge in [-0.15, -0.1) is 5.10 Å².